The number of hydrogen-bond acceptors (Lipinski definition) is 3. The monoisotopic (exact) mass is 163 g/mol. The summed E-state index contributed by atoms with van der Waals surface area (Å²) in [5.74, 6) is 0. The molecule has 0 amide bonds. The van der Waals surface area contributed by atoms with Gasteiger partial charge < -0.3 is 10.0 Å². The molecule has 1 aromatic carbocycles. The molecule has 0 bridgehead atoms. The van der Waals surface area contributed by atoms with Gasteiger partial charge in [0.25, 0.3) is 0 Å². The molecule has 1 rings (SSSR count). The Morgan fingerprint density at radius 1 is 1.25 bits per heavy atom. The van der Waals surface area contributed by atoms with Crippen LogP contribution in [0.4, 0.5) is 0 Å². The fourth-order valence-corrected chi connectivity index (χ4v) is 0.513. The summed E-state index contributed by atoms with van der Waals surface area (Å²) in [6.07, 6.45) is 0. The minimum atomic E-state index is -1.17. The largest absolute Gasteiger partial charge is 0.448 e. The highest BCUT2D eigenvalue weighted by Crippen LogP contribution is 1.92. The van der Waals surface area contributed by atoms with Crippen molar-refractivity contribution in [2.45, 2.75) is 6.82 Å². The van der Waals surface area contributed by atoms with Crippen LogP contribution in [-0.2, 0) is 0 Å². The van der Waals surface area contributed by atoms with Gasteiger partial charge in [0.15, 0.2) is 0 Å². The van der Waals surface area contributed by atoms with Crippen molar-refractivity contribution in [3.63, 3.8) is 0 Å². The van der Waals surface area contributed by atoms with Gasteiger partial charge in [0, 0.05) is 0 Å². The minimum Gasteiger partial charge on any atom is -0.427 e. The molecule has 0 saturated carbocycles. The standard InChI is InChI=1S/C7H5N.CH5BO2/c8-6-7-4-2-1-3-5-7;1-2(3)4/h1-5H;3-4H,1H3. The zero-order chi connectivity index (χ0) is 9.40. The van der Waals surface area contributed by atoms with Crippen LogP contribution in [-0.4, -0.2) is 17.2 Å². The molecule has 0 atom stereocenters. The second-order valence-corrected chi connectivity index (χ2v) is 2.11. The lowest BCUT2D eigenvalue weighted by Crippen LogP contribution is -2.00. The van der Waals surface area contributed by atoms with Gasteiger partial charge in [-0.05, 0) is 19.0 Å². The van der Waals surface area contributed by atoms with Gasteiger partial charge in [-0.3, -0.25) is 0 Å². The summed E-state index contributed by atoms with van der Waals surface area (Å²) in [7, 11) is -1.17. The zero-order valence-corrected chi connectivity index (χ0v) is 6.81. The van der Waals surface area contributed by atoms with Gasteiger partial charge in [-0.2, -0.15) is 5.26 Å². The topological polar surface area (TPSA) is 64.2 Å². The average Bonchev–Trinajstić information content (AvgIpc) is 2.05. The Hall–Kier alpha value is -1.31. The summed E-state index contributed by atoms with van der Waals surface area (Å²) in [5.41, 5.74) is 0.715. The van der Waals surface area contributed by atoms with Crippen molar-refractivity contribution < 1.29 is 10.0 Å². The third kappa shape index (κ3) is 6.81. The lowest BCUT2D eigenvalue weighted by Gasteiger charge is -1.80. The molecular weight excluding hydrogens is 153 g/mol. The molecule has 0 unspecified atom stereocenters. The molecule has 0 aliphatic heterocycles. The summed E-state index contributed by atoms with van der Waals surface area (Å²) >= 11 is 0. The number of rotatable bonds is 0. The first-order valence-electron chi connectivity index (χ1n) is 3.48. The van der Waals surface area contributed by atoms with Gasteiger partial charge in [0.2, 0.25) is 0 Å². The third-order valence-corrected chi connectivity index (χ3v) is 0.903. The molecular formula is C8H10BNO2. The molecule has 0 heterocycles. The maximum Gasteiger partial charge on any atom is 0.448 e. The summed E-state index contributed by atoms with van der Waals surface area (Å²) < 4.78 is 0. The van der Waals surface area contributed by atoms with Crippen molar-refractivity contribution in [2.24, 2.45) is 0 Å². The van der Waals surface area contributed by atoms with Crippen LogP contribution in [0.25, 0.3) is 0 Å². The van der Waals surface area contributed by atoms with Crippen molar-refractivity contribution in [1.82, 2.24) is 0 Å². The van der Waals surface area contributed by atoms with E-state index in [4.69, 9.17) is 15.3 Å². The molecule has 0 radical (unpaired) electrons. The Morgan fingerprint density at radius 3 is 1.92 bits per heavy atom. The quantitative estimate of drug-likeness (QED) is 0.551. The second kappa shape index (κ2) is 6.41. The first kappa shape index (κ1) is 10.7. The molecule has 4 heteroatoms. The number of benzene rings is 1. The van der Waals surface area contributed by atoms with E-state index in [2.05, 4.69) is 0 Å². The molecule has 0 saturated heterocycles. The predicted octanol–water partition coefficient (Wildman–Crippen LogP) is 0.647. The molecule has 0 fully saturated rings. The Labute approximate surface area is 72.0 Å². The highest BCUT2D eigenvalue weighted by atomic mass is 16.4. The van der Waals surface area contributed by atoms with Crippen LogP contribution >= 0.6 is 0 Å². The van der Waals surface area contributed by atoms with Crippen LogP contribution in [0.2, 0.25) is 6.82 Å². The van der Waals surface area contributed by atoms with Gasteiger partial charge in [0.05, 0.1) is 11.6 Å². The van der Waals surface area contributed by atoms with Gasteiger partial charge in [-0.25, -0.2) is 0 Å². The van der Waals surface area contributed by atoms with E-state index in [1.54, 1.807) is 12.1 Å². The fourth-order valence-electron chi connectivity index (χ4n) is 0.513. The second-order valence-electron chi connectivity index (χ2n) is 2.11. The number of nitriles is 1. The Balaban J connectivity index is 0.000000261. The fraction of sp³-hybridized carbons (Fsp3) is 0.125. The summed E-state index contributed by atoms with van der Waals surface area (Å²) in [6.45, 7) is 1.28. The number of hydrogen-bond donors (Lipinski definition) is 2. The molecule has 1 aromatic rings. The van der Waals surface area contributed by atoms with Crippen LogP contribution in [0.3, 0.4) is 0 Å². The van der Waals surface area contributed by atoms with E-state index >= 15 is 0 Å². The first-order valence-corrected chi connectivity index (χ1v) is 3.48. The average molecular weight is 163 g/mol. The van der Waals surface area contributed by atoms with Crippen LogP contribution in [0.1, 0.15) is 5.56 Å². The lowest BCUT2D eigenvalue weighted by molar-refractivity contribution is 0.417. The summed E-state index contributed by atoms with van der Waals surface area (Å²) in [4.78, 5) is 0. The normalized spacial score (nSPS) is 7.50. The van der Waals surface area contributed by atoms with E-state index < -0.39 is 7.12 Å². The highest BCUT2D eigenvalue weighted by Gasteiger charge is 1.86. The van der Waals surface area contributed by atoms with E-state index in [1.807, 2.05) is 24.3 Å². The molecule has 0 aromatic heterocycles. The van der Waals surface area contributed by atoms with Gasteiger partial charge in [0.1, 0.15) is 0 Å². The van der Waals surface area contributed by atoms with Crippen molar-refractivity contribution in [3.05, 3.63) is 35.9 Å². The van der Waals surface area contributed by atoms with Crippen molar-refractivity contribution in [1.29, 1.82) is 5.26 Å². The minimum absolute atomic E-state index is 0.715. The van der Waals surface area contributed by atoms with E-state index in [9.17, 15) is 0 Å². The first-order chi connectivity index (χ1) is 5.66. The smallest absolute Gasteiger partial charge is 0.427 e. The molecule has 0 spiro atoms. The molecule has 0 aliphatic rings. The SMILES string of the molecule is CB(O)O.N#Cc1ccccc1. The summed E-state index contributed by atoms with van der Waals surface area (Å²) in [5, 5.41) is 23.5. The molecule has 0 aliphatic carbocycles. The molecule has 3 nitrogen and oxygen atoms in total. The van der Waals surface area contributed by atoms with Crippen molar-refractivity contribution in [3.8, 4) is 6.07 Å². The van der Waals surface area contributed by atoms with Crippen LogP contribution in [0.15, 0.2) is 30.3 Å². The maximum atomic E-state index is 8.29. The van der Waals surface area contributed by atoms with E-state index in [-0.39, 0.29) is 0 Å². The Bertz CT molecular complexity index is 240. The van der Waals surface area contributed by atoms with Crippen molar-refractivity contribution in [2.75, 3.05) is 0 Å². The van der Waals surface area contributed by atoms with Gasteiger partial charge in [-0.15, -0.1) is 0 Å². The third-order valence-electron chi connectivity index (χ3n) is 0.903. The molecule has 2 N–H and O–H groups in total. The predicted molar refractivity (Wildman–Crippen MR) is 47.2 cm³/mol. The van der Waals surface area contributed by atoms with Crippen LogP contribution in [0.5, 0.6) is 0 Å². The van der Waals surface area contributed by atoms with E-state index in [0.29, 0.717) is 5.56 Å². The van der Waals surface area contributed by atoms with Crippen LogP contribution in [0, 0.1) is 11.3 Å². The van der Waals surface area contributed by atoms with E-state index in [0.717, 1.165) is 0 Å². The van der Waals surface area contributed by atoms with Gasteiger partial charge in [-0.1, -0.05) is 18.2 Å². The van der Waals surface area contributed by atoms with Gasteiger partial charge >= 0.3 is 7.12 Å². The van der Waals surface area contributed by atoms with E-state index in [1.165, 1.54) is 6.82 Å². The summed E-state index contributed by atoms with van der Waals surface area (Å²) in [6, 6.07) is 11.2. The number of nitrogens with zero attached hydrogens (tertiary/aromatic N) is 1. The highest BCUT2D eigenvalue weighted by molar-refractivity contribution is 6.38. The lowest BCUT2D eigenvalue weighted by atomic mass is 9.99. The Kier molecular flexibility index (Phi) is 5.71. The zero-order valence-electron chi connectivity index (χ0n) is 6.81. The van der Waals surface area contributed by atoms with Crippen LogP contribution < -0.4 is 0 Å². The molecule has 62 valence electrons. The van der Waals surface area contributed by atoms with Crippen molar-refractivity contribution >= 4 is 7.12 Å². The molecule has 12 heavy (non-hydrogen) atoms. The Morgan fingerprint density at radius 2 is 1.67 bits per heavy atom. The maximum absolute atomic E-state index is 8.29.